The third kappa shape index (κ3) is 2.85. The van der Waals surface area contributed by atoms with Crippen molar-refractivity contribution in [1.82, 2.24) is 4.98 Å². The molecule has 0 saturated heterocycles. The van der Waals surface area contributed by atoms with Gasteiger partial charge in [0.15, 0.2) is 0 Å². The molecule has 1 unspecified atom stereocenters. The van der Waals surface area contributed by atoms with Gasteiger partial charge in [-0.2, -0.15) is 0 Å². The van der Waals surface area contributed by atoms with E-state index in [0.717, 1.165) is 16.9 Å². The lowest BCUT2D eigenvalue weighted by Gasteiger charge is -2.25. The quantitative estimate of drug-likeness (QED) is 0.781. The zero-order chi connectivity index (χ0) is 15.0. The molecule has 0 aliphatic rings. The van der Waals surface area contributed by atoms with Crippen LogP contribution in [0.2, 0.25) is 0 Å². The lowest BCUT2D eigenvalue weighted by atomic mass is 9.88. The fourth-order valence-electron chi connectivity index (χ4n) is 2.51. The molecule has 0 aliphatic carbocycles. The number of para-hydroxylation sites is 1. The second kappa shape index (κ2) is 5.24. The van der Waals surface area contributed by atoms with Gasteiger partial charge in [0.25, 0.3) is 0 Å². The van der Waals surface area contributed by atoms with E-state index in [1.807, 2.05) is 6.07 Å². The normalized spacial score (nSPS) is 14.3. The standard InChI is InChI=1S/C18H20N2S/c1-12-8-9-14(10-13(12)2)18(3,19)11-17-20-15-6-4-5-7-16(15)21-17/h4-10H,11,19H2,1-3H3. The van der Waals surface area contributed by atoms with Crippen molar-refractivity contribution in [1.29, 1.82) is 0 Å². The number of rotatable bonds is 3. The van der Waals surface area contributed by atoms with E-state index < -0.39 is 5.54 Å². The maximum Gasteiger partial charge on any atom is 0.0960 e. The maximum atomic E-state index is 6.58. The highest BCUT2D eigenvalue weighted by Gasteiger charge is 2.24. The molecule has 0 amide bonds. The summed E-state index contributed by atoms with van der Waals surface area (Å²) in [7, 11) is 0. The largest absolute Gasteiger partial charge is 0.321 e. The summed E-state index contributed by atoms with van der Waals surface area (Å²) < 4.78 is 1.23. The zero-order valence-corrected chi connectivity index (χ0v) is 13.5. The van der Waals surface area contributed by atoms with Crippen LogP contribution in [0, 0.1) is 13.8 Å². The average molecular weight is 296 g/mol. The molecule has 1 aromatic heterocycles. The highest BCUT2D eigenvalue weighted by atomic mass is 32.1. The van der Waals surface area contributed by atoms with Crippen molar-refractivity contribution >= 4 is 21.6 Å². The van der Waals surface area contributed by atoms with Gasteiger partial charge in [0.2, 0.25) is 0 Å². The van der Waals surface area contributed by atoms with Crippen molar-refractivity contribution in [2.45, 2.75) is 32.7 Å². The van der Waals surface area contributed by atoms with E-state index >= 15 is 0 Å². The Morgan fingerprint density at radius 3 is 2.57 bits per heavy atom. The first-order valence-corrected chi connectivity index (χ1v) is 7.98. The molecule has 0 bridgehead atoms. The Morgan fingerprint density at radius 1 is 1.10 bits per heavy atom. The van der Waals surface area contributed by atoms with E-state index in [2.05, 4.69) is 57.2 Å². The molecule has 0 aliphatic heterocycles. The third-order valence-corrected chi connectivity index (χ3v) is 5.06. The molecule has 3 aromatic rings. The smallest absolute Gasteiger partial charge is 0.0960 e. The van der Waals surface area contributed by atoms with Crippen LogP contribution in [0.15, 0.2) is 42.5 Å². The highest BCUT2D eigenvalue weighted by molar-refractivity contribution is 7.18. The first-order valence-electron chi connectivity index (χ1n) is 7.17. The molecule has 108 valence electrons. The number of fused-ring (bicyclic) bond motifs is 1. The number of aryl methyl sites for hydroxylation is 2. The predicted molar refractivity (Wildman–Crippen MR) is 90.8 cm³/mol. The van der Waals surface area contributed by atoms with Crippen LogP contribution in [0.5, 0.6) is 0 Å². The summed E-state index contributed by atoms with van der Waals surface area (Å²) in [4.78, 5) is 4.70. The number of aromatic nitrogens is 1. The number of nitrogens with two attached hydrogens (primary N) is 1. The molecule has 3 rings (SSSR count). The van der Waals surface area contributed by atoms with E-state index in [0.29, 0.717) is 0 Å². The van der Waals surface area contributed by atoms with Crippen molar-refractivity contribution in [3.63, 3.8) is 0 Å². The first kappa shape index (κ1) is 14.2. The van der Waals surface area contributed by atoms with Gasteiger partial charge in [-0.05, 0) is 49.6 Å². The van der Waals surface area contributed by atoms with Gasteiger partial charge >= 0.3 is 0 Å². The summed E-state index contributed by atoms with van der Waals surface area (Å²) in [6.07, 6.45) is 0.759. The van der Waals surface area contributed by atoms with Crippen LogP contribution < -0.4 is 5.73 Å². The zero-order valence-electron chi connectivity index (χ0n) is 12.7. The van der Waals surface area contributed by atoms with Crippen LogP contribution in [-0.4, -0.2) is 4.98 Å². The Labute approximate surface area is 129 Å². The number of thiazole rings is 1. The molecule has 1 heterocycles. The second-order valence-electron chi connectivity index (χ2n) is 5.97. The van der Waals surface area contributed by atoms with Crippen molar-refractivity contribution in [3.8, 4) is 0 Å². The van der Waals surface area contributed by atoms with Gasteiger partial charge in [-0.15, -0.1) is 11.3 Å². The molecule has 0 radical (unpaired) electrons. The number of hydrogen-bond acceptors (Lipinski definition) is 3. The summed E-state index contributed by atoms with van der Waals surface area (Å²) in [5.41, 5.74) is 11.0. The molecule has 0 saturated carbocycles. The Morgan fingerprint density at radius 2 is 1.86 bits per heavy atom. The minimum absolute atomic E-state index is 0.396. The summed E-state index contributed by atoms with van der Waals surface area (Å²) in [5, 5.41) is 1.10. The fourth-order valence-corrected chi connectivity index (χ4v) is 3.64. The van der Waals surface area contributed by atoms with Crippen LogP contribution in [0.1, 0.15) is 28.6 Å². The Balaban J connectivity index is 1.92. The molecule has 2 aromatic carbocycles. The molecule has 2 N–H and O–H groups in total. The predicted octanol–water partition coefficient (Wildman–Crippen LogP) is 4.33. The molecule has 1 atom stereocenters. The third-order valence-electron chi connectivity index (χ3n) is 4.02. The summed E-state index contributed by atoms with van der Waals surface area (Å²) >= 11 is 1.74. The molecule has 21 heavy (non-hydrogen) atoms. The number of hydrogen-bond donors (Lipinski definition) is 1. The van der Waals surface area contributed by atoms with Crippen LogP contribution >= 0.6 is 11.3 Å². The van der Waals surface area contributed by atoms with Gasteiger partial charge in [-0.3, -0.25) is 0 Å². The number of nitrogens with zero attached hydrogens (tertiary/aromatic N) is 1. The lowest BCUT2D eigenvalue weighted by molar-refractivity contribution is 0.490. The van der Waals surface area contributed by atoms with Crippen molar-refractivity contribution < 1.29 is 0 Å². The SMILES string of the molecule is Cc1ccc(C(C)(N)Cc2nc3ccccc3s2)cc1C. The minimum Gasteiger partial charge on any atom is -0.321 e. The van der Waals surface area contributed by atoms with E-state index in [1.54, 1.807) is 11.3 Å². The van der Waals surface area contributed by atoms with Gasteiger partial charge in [0, 0.05) is 12.0 Å². The van der Waals surface area contributed by atoms with E-state index in [-0.39, 0.29) is 0 Å². The first-order chi connectivity index (χ1) is 9.95. The average Bonchev–Trinajstić information content (AvgIpc) is 2.82. The lowest BCUT2D eigenvalue weighted by Crippen LogP contribution is -2.35. The van der Waals surface area contributed by atoms with Gasteiger partial charge in [-0.25, -0.2) is 4.98 Å². The Bertz CT molecular complexity index is 754. The second-order valence-corrected chi connectivity index (χ2v) is 7.08. The van der Waals surface area contributed by atoms with Gasteiger partial charge in [0.1, 0.15) is 0 Å². The Hall–Kier alpha value is -1.71. The molecular formula is C18H20N2S. The van der Waals surface area contributed by atoms with E-state index in [9.17, 15) is 0 Å². The molecular weight excluding hydrogens is 276 g/mol. The van der Waals surface area contributed by atoms with E-state index in [4.69, 9.17) is 10.7 Å². The van der Waals surface area contributed by atoms with Gasteiger partial charge in [0.05, 0.1) is 15.2 Å². The summed E-state index contributed by atoms with van der Waals surface area (Å²) in [5.74, 6) is 0. The van der Waals surface area contributed by atoms with Crippen molar-refractivity contribution in [3.05, 3.63) is 64.2 Å². The summed E-state index contributed by atoms with van der Waals surface area (Å²) in [6.45, 7) is 6.34. The minimum atomic E-state index is -0.396. The van der Waals surface area contributed by atoms with Crippen molar-refractivity contribution in [2.75, 3.05) is 0 Å². The molecule has 0 fully saturated rings. The van der Waals surface area contributed by atoms with Crippen LogP contribution in [0.3, 0.4) is 0 Å². The maximum absolute atomic E-state index is 6.58. The van der Waals surface area contributed by atoms with E-state index in [1.165, 1.54) is 21.4 Å². The topological polar surface area (TPSA) is 38.9 Å². The van der Waals surface area contributed by atoms with Crippen molar-refractivity contribution in [2.24, 2.45) is 5.73 Å². The van der Waals surface area contributed by atoms with Gasteiger partial charge < -0.3 is 5.73 Å². The molecule has 0 spiro atoms. The summed E-state index contributed by atoms with van der Waals surface area (Å²) in [6, 6.07) is 14.7. The van der Waals surface area contributed by atoms with Crippen LogP contribution in [0.25, 0.3) is 10.2 Å². The monoisotopic (exact) mass is 296 g/mol. The van der Waals surface area contributed by atoms with Crippen LogP contribution in [-0.2, 0) is 12.0 Å². The molecule has 3 heteroatoms. The number of benzene rings is 2. The van der Waals surface area contributed by atoms with Gasteiger partial charge in [-0.1, -0.05) is 30.3 Å². The fraction of sp³-hybridized carbons (Fsp3) is 0.278. The Kier molecular flexibility index (Phi) is 3.56. The van der Waals surface area contributed by atoms with Crippen LogP contribution in [0.4, 0.5) is 0 Å². The molecule has 2 nitrogen and oxygen atoms in total. The highest BCUT2D eigenvalue weighted by Crippen LogP contribution is 2.29.